The lowest BCUT2D eigenvalue weighted by molar-refractivity contribution is -0.117. The predicted molar refractivity (Wildman–Crippen MR) is 41.3 cm³/mol. The first-order valence-electron chi connectivity index (χ1n) is 3.46. The van der Waals surface area contributed by atoms with Gasteiger partial charge in [-0.05, 0) is 13.8 Å². The number of nitrogens with zero attached hydrogens (tertiary/aromatic N) is 2. The van der Waals surface area contributed by atoms with Crippen molar-refractivity contribution in [3.8, 4) is 0 Å². The number of aromatic nitrogens is 2. The van der Waals surface area contributed by atoms with Crippen LogP contribution in [0.5, 0.6) is 0 Å². The molecule has 6 heteroatoms. The summed E-state index contributed by atoms with van der Waals surface area (Å²) in [6.07, 6.45) is 0. The van der Waals surface area contributed by atoms with Gasteiger partial charge in [-0.25, -0.2) is 0 Å². The second-order valence-electron chi connectivity index (χ2n) is 2.42. The number of amides is 1. The average molecular weight is 170 g/mol. The standard InChI is InChI=1S/C6H10N4O2/c1-3(7)5(11)9-6-8-4(2)10-12-6/h3H,7H2,1-2H3,(H,8,9,10,11)/t3-/m0/s1. The third kappa shape index (κ3) is 2.03. The molecule has 1 rings (SSSR count). The molecular formula is C6H10N4O2. The van der Waals surface area contributed by atoms with Crippen molar-refractivity contribution in [1.82, 2.24) is 10.1 Å². The summed E-state index contributed by atoms with van der Waals surface area (Å²) in [5, 5.41) is 5.85. The van der Waals surface area contributed by atoms with E-state index in [1.807, 2.05) is 0 Å². The van der Waals surface area contributed by atoms with E-state index in [0.717, 1.165) is 0 Å². The van der Waals surface area contributed by atoms with Gasteiger partial charge in [-0.15, -0.1) is 0 Å². The fourth-order valence-corrected chi connectivity index (χ4v) is 0.567. The summed E-state index contributed by atoms with van der Waals surface area (Å²) in [6, 6.07) is -0.507. The van der Waals surface area contributed by atoms with Gasteiger partial charge >= 0.3 is 6.01 Å². The number of nitrogens with one attached hydrogen (secondary N) is 1. The van der Waals surface area contributed by atoms with Gasteiger partial charge in [0, 0.05) is 0 Å². The second-order valence-corrected chi connectivity index (χ2v) is 2.42. The summed E-state index contributed by atoms with van der Waals surface area (Å²) in [5.74, 6) is 0.119. The van der Waals surface area contributed by atoms with E-state index in [1.165, 1.54) is 0 Å². The molecule has 1 aromatic rings. The third-order valence-electron chi connectivity index (χ3n) is 1.17. The van der Waals surface area contributed by atoms with Crippen LogP contribution >= 0.6 is 0 Å². The average Bonchev–Trinajstić information content (AvgIpc) is 2.35. The SMILES string of the molecule is Cc1noc(NC(=O)[C@H](C)N)n1. The molecule has 6 nitrogen and oxygen atoms in total. The third-order valence-corrected chi connectivity index (χ3v) is 1.17. The van der Waals surface area contributed by atoms with E-state index in [2.05, 4.69) is 20.0 Å². The smallest absolute Gasteiger partial charge is 0.320 e. The Kier molecular flexibility index (Phi) is 2.39. The van der Waals surface area contributed by atoms with Crippen LogP contribution in [0.2, 0.25) is 0 Å². The van der Waals surface area contributed by atoms with E-state index >= 15 is 0 Å². The molecular weight excluding hydrogens is 160 g/mol. The fraction of sp³-hybridized carbons (Fsp3) is 0.500. The van der Waals surface area contributed by atoms with Crippen molar-refractivity contribution in [2.75, 3.05) is 5.32 Å². The van der Waals surface area contributed by atoms with Crippen molar-refractivity contribution in [3.63, 3.8) is 0 Å². The molecule has 0 radical (unpaired) electrons. The van der Waals surface area contributed by atoms with Crippen LogP contribution in [0.25, 0.3) is 0 Å². The van der Waals surface area contributed by atoms with Crippen LogP contribution in [-0.4, -0.2) is 22.1 Å². The Balaban J connectivity index is 2.58. The summed E-state index contributed by atoms with van der Waals surface area (Å²) in [5.41, 5.74) is 5.29. The van der Waals surface area contributed by atoms with Crippen LogP contribution < -0.4 is 11.1 Å². The van der Waals surface area contributed by atoms with Crippen LogP contribution in [0.1, 0.15) is 12.7 Å². The molecule has 3 N–H and O–H groups in total. The molecule has 12 heavy (non-hydrogen) atoms. The van der Waals surface area contributed by atoms with Gasteiger partial charge in [0.25, 0.3) is 0 Å². The minimum atomic E-state index is -0.586. The number of carbonyl (C=O) groups excluding carboxylic acids is 1. The lowest BCUT2D eigenvalue weighted by atomic mass is 10.3. The number of nitrogens with two attached hydrogens (primary N) is 1. The van der Waals surface area contributed by atoms with Gasteiger partial charge < -0.3 is 10.3 Å². The molecule has 0 aliphatic heterocycles. The van der Waals surface area contributed by atoms with Crippen molar-refractivity contribution < 1.29 is 9.32 Å². The Morgan fingerprint density at radius 3 is 2.83 bits per heavy atom. The number of carbonyl (C=O) groups is 1. The molecule has 66 valence electrons. The van der Waals surface area contributed by atoms with Gasteiger partial charge in [-0.3, -0.25) is 10.1 Å². The highest BCUT2D eigenvalue weighted by Gasteiger charge is 2.10. The maximum absolute atomic E-state index is 11.0. The van der Waals surface area contributed by atoms with Gasteiger partial charge in [-0.2, -0.15) is 4.98 Å². The Labute approximate surface area is 69.1 Å². The van der Waals surface area contributed by atoms with Gasteiger partial charge in [0.15, 0.2) is 5.82 Å². The molecule has 1 aromatic heterocycles. The monoisotopic (exact) mass is 170 g/mol. The van der Waals surface area contributed by atoms with Crippen LogP contribution in [0.3, 0.4) is 0 Å². The first-order chi connectivity index (χ1) is 5.59. The largest absolute Gasteiger partial charge is 0.328 e. The summed E-state index contributed by atoms with van der Waals surface area (Å²) < 4.78 is 4.64. The molecule has 1 amide bonds. The van der Waals surface area contributed by atoms with Crippen LogP contribution in [-0.2, 0) is 4.79 Å². The summed E-state index contributed by atoms with van der Waals surface area (Å²) in [4.78, 5) is 14.7. The van der Waals surface area contributed by atoms with Gasteiger partial charge in [0.05, 0.1) is 6.04 Å². The molecule has 0 spiro atoms. The summed E-state index contributed by atoms with van der Waals surface area (Å²) >= 11 is 0. The summed E-state index contributed by atoms with van der Waals surface area (Å²) in [6.45, 7) is 3.23. The van der Waals surface area contributed by atoms with Crippen LogP contribution in [0.4, 0.5) is 6.01 Å². The minimum absolute atomic E-state index is 0.0785. The topological polar surface area (TPSA) is 94.0 Å². The molecule has 0 bridgehead atoms. The number of hydrogen-bond donors (Lipinski definition) is 2. The van der Waals surface area contributed by atoms with E-state index in [4.69, 9.17) is 5.73 Å². The molecule has 1 heterocycles. The van der Waals surface area contributed by atoms with Crippen molar-refractivity contribution in [1.29, 1.82) is 0 Å². The zero-order valence-corrected chi connectivity index (χ0v) is 6.87. The minimum Gasteiger partial charge on any atom is -0.320 e. The number of hydrogen-bond acceptors (Lipinski definition) is 5. The Morgan fingerprint density at radius 1 is 1.75 bits per heavy atom. The number of aryl methyl sites for hydroxylation is 1. The molecule has 0 saturated carbocycles. The lowest BCUT2D eigenvalue weighted by Crippen LogP contribution is -2.32. The Bertz CT molecular complexity index is 281. The molecule has 0 saturated heterocycles. The highest BCUT2D eigenvalue weighted by molar-refractivity contribution is 5.92. The first-order valence-corrected chi connectivity index (χ1v) is 3.46. The molecule has 0 unspecified atom stereocenters. The highest BCUT2D eigenvalue weighted by Crippen LogP contribution is 2.01. The quantitative estimate of drug-likeness (QED) is 0.633. The van der Waals surface area contributed by atoms with Crippen LogP contribution in [0, 0.1) is 6.92 Å². The normalized spacial score (nSPS) is 12.6. The van der Waals surface area contributed by atoms with E-state index < -0.39 is 6.04 Å². The van der Waals surface area contributed by atoms with Crippen molar-refractivity contribution in [2.24, 2.45) is 5.73 Å². The first kappa shape index (κ1) is 8.66. The zero-order valence-electron chi connectivity index (χ0n) is 6.87. The predicted octanol–water partition coefficient (Wildman–Crippen LogP) is -0.336. The molecule has 1 atom stereocenters. The van der Waals surface area contributed by atoms with Crippen molar-refractivity contribution >= 4 is 11.9 Å². The molecule has 0 aromatic carbocycles. The van der Waals surface area contributed by atoms with E-state index in [1.54, 1.807) is 13.8 Å². The maximum Gasteiger partial charge on any atom is 0.328 e. The Hall–Kier alpha value is -1.43. The molecule has 0 aliphatic rings. The number of rotatable bonds is 2. The second kappa shape index (κ2) is 3.31. The number of anilines is 1. The fourth-order valence-electron chi connectivity index (χ4n) is 0.567. The Morgan fingerprint density at radius 2 is 2.42 bits per heavy atom. The van der Waals surface area contributed by atoms with Gasteiger partial charge in [0.2, 0.25) is 5.91 Å². The molecule has 0 aliphatic carbocycles. The van der Waals surface area contributed by atoms with Crippen LogP contribution in [0.15, 0.2) is 4.52 Å². The van der Waals surface area contributed by atoms with Gasteiger partial charge in [-0.1, -0.05) is 5.16 Å². The zero-order chi connectivity index (χ0) is 9.14. The van der Waals surface area contributed by atoms with Gasteiger partial charge in [0.1, 0.15) is 0 Å². The van der Waals surface area contributed by atoms with Crippen molar-refractivity contribution in [3.05, 3.63) is 5.82 Å². The van der Waals surface area contributed by atoms with E-state index in [0.29, 0.717) is 5.82 Å². The van der Waals surface area contributed by atoms with Crippen molar-refractivity contribution in [2.45, 2.75) is 19.9 Å². The highest BCUT2D eigenvalue weighted by atomic mass is 16.5. The lowest BCUT2D eigenvalue weighted by Gasteiger charge is -2.01. The summed E-state index contributed by atoms with van der Waals surface area (Å²) in [7, 11) is 0. The van der Waals surface area contributed by atoms with E-state index in [9.17, 15) is 4.79 Å². The molecule has 0 fully saturated rings. The van der Waals surface area contributed by atoms with E-state index in [-0.39, 0.29) is 11.9 Å². The maximum atomic E-state index is 11.0.